The Balaban J connectivity index is 1.57. The van der Waals surface area contributed by atoms with Crippen molar-refractivity contribution in [2.75, 3.05) is 11.9 Å². The number of carbonyl (C=O) groups excluding carboxylic acids is 3. The monoisotopic (exact) mass is 491 g/mol. The Morgan fingerprint density at radius 3 is 2.28 bits per heavy atom. The first-order valence-electron chi connectivity index (χ1n) is 10.2. The van der Waals surface area contributed by atoms with Crippen molar-refractivity contribution in [2.45, 2.75) is 19.5 Å². The van der Waals surface area contributed by atoms with E-state index >= 15 is 0 Å². The highest BCUT2D eigenvalue weighted by atomic mass is 79.9. The quantitative estimate of drug-likeness (QED) is 0.498. The van der Waals surface area contributed by atoms with Gasteiger partial charge in [-0.15, -0.1) is 0 Å². The topological polar surface area (TPSA) is 69.7 Å². The summed E-state index contributed by atoms with van der Waals surface area (Å²) in [4.78, 5) is 41.8. The molecule has 1 aliphatic heterocycles. The zero-order valence-corrected chi connectivity index (χ0v) is 19.1. The molecule has 0 bridgehead atoms. The molecule has 3 aromatic rings. The highest BCUT2D eigenvalue weighted by Crippen LogP contribution is 2.32. The van der Waals surface area contributed by atoms with Crippen molar-refractivity contribution < 1.29 is 14.4 Å². The number of hydrogen-bond donors (Lipinski definition) is 1. The minimum absolute atomic E-state index is 0.273. The second-order valence-corrected chi connectivity index (χ2v) is 8.56. The van der Waals surface area contributed by atoms with Gasteiger partial charge in [0.2, 0.25) is 5.91 Å². The van der Waals surface area contributed by atoms with Crippen molar-refractivity contribution in [1.82, 2.24) is 9.80 Å². The highest BCUT2D eigenvalue weighted by Gasteiger charge is 2.46. The zero-order chi connectivity index (χ0) is 22.7. The van der Waals surface area contributed by atoms with E-state index in [0.29, 0.717) is 11.3 Å². The lowest BCUT2D eigenvalue weighted by atomic mass is 10.1. The van der Waals surface area contributed by atoms with E-state index in [4.69, 9.17) is 0 Å². The number of aryl methyl sites for hydroxylation is 1. The van der Waals surface area contributed by atoms with Crippen LogP contribution < -0.4 is 5.32 Å². The summed E-state index contributed by atoms with van der Waals surface area (Å²) in [5.74, 6) is -0.828. The Labute approximate surface area is 195 Å². The molecular weight excluding hydrogens is 470 g/mol. The van der Waals surface area contributed by atoms with E-state index in [1.54, 1.807) is 6.07 Å². The Bertz CT molecular complexity index is 1150. The number of rotatable bonds is 6. The summed E-state index contributed by atoms with van der Waals surface area (Å²) in [7, 11) is 0. The molecule has 1 unspecified atom stereocenters. The van der Waals surface area contributed by atoms with Crippen molar-refractivity contribution in [3.05, 3.63) is 100 Å². The second-order valence-electron chi connectivity index (χ2n) is 7.64. The van der Waals surface area contributed by atoms with Gasteiger partial charge in [-0.05, 0) is 41.8 Å². The summed E-state index contributed by atoms with van der Waals surface area (Å²) < 4.78 is 0.903. The maximum absolute atomic E-state index is 13.3. The molecule has 7 heteroatoms. The maximum atomic E-state index is 13.3. The number of imide groups is 1. The van der Waals surface area contributed by atoms with Crippen LogP contribution in [-0.2, 0) is 16.1 Å². The molecular formula is C25H22BrN3O3. The molecule has 32 heavy (non-hydrogen) atoms. The van der Waals surface area contributed by atoms with Crippen LogP contribution in [0.1, 0.15) is 22.7 Å². The number of anilines is 1. The number of nitrogens with one attached hydrogen (secondary N) is 1. The number of hydrogen-bond acceptors (Lipinski definition) is 3. The smallest absolute Gasteiger partial charge is 0.324 e. The predicted molar refractivity (Wildman–Crippen MR) is 126 cm³/mol. The Morgan fingerprint density at radius 1 is 0.969 bits per heavy atom. The molecule has 1 saturated heterocycles. The minimum Gasteiger partial charge on any atom is -0.324 e. The first-order valence-corrected chi connectivity index (χ1v) is 11.0. The maximum Gasteiger partial charge on any atom is 0.328 e. The summed E-state index contributed by atoms with van der Waals surface area (Å²) in [6.45, 7) is 1.80. The van der Waals surface area contributed by atoms with Gasteiger partial charge in [0.15, 0.2) is 0 Å². The van der Waals surface area contributed by atoms with E-state index in [-0.39, 0.29) is 13.1 Å². The van der Waals surface area contributed by atoms with Crippen LogP contribution in [0.25, 0.3) is 0 Å². The van der Waals surface area contributed by atoms with Crippen molar-refractivity contribution >= 4 is 39.5 Å². The number of halogens is 1. The van der Waals surface area contributed by atoms with Crippen LogP contribution in [0.4, 0.5) is 10.5 Å². The van der Waals surface area contributed by atoms with E-state index in [1.807, 2.05) is 79.7 Å². The first-order chi connectivity index (χ1) is 15.4. The van der Waals surface area contributed by atoms with Gasteiger partial charge in [-0.2, -0.15) is 0 Å². The average Bonchev–Trinajstić information content (AvgIpc) is 3.01. The highest BCUT2D eigenvalue weighted by molar-refractivity contribution is 9.10. The molecule has 0 saturated carbocycles. The predicted octanol–water partition coefficient (Wildman–Crippen LogP) is 4.90. The molecule has 1 aliphatic rings. The molecule has 0 spiro atoms. The van der Waals surface area contributed by atoms with Gasteiger partial charge in [0.05, 0.1) is 0 Å². The molecule has 162 valence electrons. The lowest BCUT2D eigenvalue weighted by Gasteiger charge is -2.22. The third-order valence-electron chi connectivity index (χ3n) is 5.36. The summed E-state index contributed by atoms with van der Waals surface area (Å²) >= 11 is 3.40. The SMILES string of the molecule is Cc1cc(Br)ccc1NC(=O)CN1C(=O)C(c2ccccc2)N(Cc2ccccc2)C1=O. The van der Waals surface area contributed by atoms with Gasteiger partial charge in [-0.25, -0.2) is 4.79 Å². The van der Waals surface area contributed by atoms with Gasteiger partial charge in [0.25, 0.3) is 5.91 Å². The van der Waals surface area contributed by atoms with Crippen LogP contribution in [-0.4, -0.2) is 34.2 Å². The van der Waals surface area contributed by atoms with Crippen LogP contribution in [0.5, 0.6) is 0 Å². The molecule has 4 rings (SSSR count). The standard InChI is InChI=1S/C25H22BrN3O3/c1-17-14-20(26)12-13-21(17)27-22(30)16-29-24(31)23(19-10-6-3-7-11-19)28(25(29)32)15-18-8-4-2-5-9-18/h2-14,23H,15-16H2,1H3,(H,27,30). The number of nitrogens with zero attached hydrogens (tertiary/aromatic N) is 2. The molecule has 1 heterocycles. The number of urea groups is 1. The van der Waals surface area contributed by atoms with Crippen LogP contribution in [0, 0.1) is 6.92 Å². The fraction of sp³-hybridized carbons (Fsp3) is 0.160. The van der Waals surface area contributed by atoms with Crippen LogP contribution in [0.3, 0.4) is 0 Å². The molecule has 6 nitrogen and oxygen atoms in total. The van der Waals surface area contributed by atoms with Crippen molar-refractivity contribution in [1.29, 1.82) is 0 Å². The zero-order valence-electron chi connectivity index (χ0n) is 17.5. The molecule has 0 aromatic heterocycles. The molecule has 0 aliphatic carbocycles. The largest absolute Gasteiger partial charge is 0.328 e. The van der Waals surface area contributed by atoms with E-state index < -0.39 is 23.9 Å². The van der Waals surface area contributed by atoms with E-state index in [2.05, 4.69) is 21.2 Å². The van der Waals surface area contributed by atoms with Crippen LogP contribution >= 0.6 is 15.9 Å². The van der Waals surface area contributed by atoms with Gasteiger partial charge in [0.1, 0.15) is 12.6 Å². The third-order valence-corrected chi connectivity index (χ3v) is 5.86. The van der Waals surface area contributed by atoms with E-state index in [9.17, 15) is 14.4 Å². The first kappa shape index (κ1) is 21.8. The number of carbonyl (C=O) groups is 3. The fourth-order valence-electron chi connectivity index (χ4n) is 3.78. The minimum atomic E-state index is -0.772. The lowest BCUT2D eigenvalue weighted by Crippen LogP contribution is -2.39. The second kappa shape index (κ2) is 9.36. The summed E-state index contributed by atoms with van der Waals surface area (Å²) in [6, 6.07) is 22.9. The molecule has 1 atom stereocenters. The van der Waals surface area contributed by atoms with Crippen molar-refractivity contribution in [3.63, 3.8) is 0 Å². The number of amides is 4. The molecule has 0 radical (unpaired) electrons. The third kappa shape index (κ3) is 4.57. The number of benzene rings is 3. The van der Waals surface area contributed by atoms with Gasteiger partial charge < -0.3 is 10.2 Å². The van der Waals surface area contributed by atoms with Crippen LogP contribution in [0.2, 0.25) is 0 Å². The summed E-state index contributed by atoms with van der Waals surface area (Å²) in [5, 5.41) is 2.80. The van der Waals surface area contributed by atoms with E-state index in [1.165, 1.54) is 4.90 Å². The fourth-order valence-corrected chi connectivity index (χ4v) is 4.26. The Morgan fingerprint density at radius 2 is 1.62 bits per heavy atom. The Hall–Kier alpha value is -3.45. The van der Waals surface area contributed by atoms with Gasteiger partial charge in [-0.1, -0.05) is 76.6 Å². The van der Waals surface area contributed by atoms with Gasteiger partial charge in [0, 0.05) is 16.7 Å². The molecule has 1 N–H and O–H groups in total. The van der Waals surface area contributed by atoms with Gasteiger partial charge in [-0.3, -0.25) is 14.5 Å². The Kier molecular flexibility index (Phi) is 6.37. The van der Waals surface area contributed by atoms with Crippen molar-refractivity contribution in [2.24, 2.45) is 0 Å². The van der Waals surface area contributed by atoms with Crippen molar-refractivity contribution in [3.8, 4) is 0 Å². The normalized spacial score (nSPS) is 15.9. The summed E-state index contributed by atoms with van der Waals surface area (Å²) in [6.07, 6.45) is 0. The van der Waals surface area contributed by atoms with Crippen LogP contribution in [0.15, 0.2) is 83.3 Å². The molecule has 3 aromatic carbocycles. The molecule has 4 amide bonds. The van der Waals surface area contributed by atoms with Gasteiger partial charge >= 0.3 is 6.03 Å². The summed E-state index contributed by atoms with van der Waals surface area (Å²) in [5.41, 5.74) is 3.14. The average molecular weight is 492 g/mol. The molecule has 1 fully saturated rings. The van der Waals surface area contributed by atoms with E-state index in [0.717, 1.165) is 20.5 Å². The lowest BCUT2D eigenvalue weighted by molar-refractivity contribution is -0.131.